The summed E-state index contributed by atoms with van der Waals surface area (Å²) in [6.07, 6.45) is -4.03. The molecule has 12 heteroatoms. The van der Waals surface area contributed by atoms with Crippen LogP contribution in [0.15, 0.2) is 12.1 Å². The highest BCUT2D eigenvalue weighted by Crippen LogP contribution is 2.38. The van der Waals surface area contributed by atoms with Crippen LogP contribution in [0.2, 0.25) is 10.0 Å². The zero-order valence-electron chi connectivity index (χ0n) is 16.1. The molecular weight excluding hydrogens is 459 g/mol. The largest absolute Gasteiger partial charge is 0.463 e. The van der Waals surface area contributed by atoms with E-state index in [0.29, 0.717) is 21.1 Å². The summed E-state index contributed by atoms with van der Waals surface area (Å²) in [6.45, 7) is 3.43. The second-order valence-electron chi connectivity index (χ2n) is 6.60. The van der Waals surface area contributed by atoms with Crippen molar-refractivity contribution in [1.82, 2.24) is 9.55 Å². The van der Waals surface area contributed by atoms with E-state index in [4.69, 9.17) is 54.4 Å². The molecule has 2 aromatic rings. The number of halogens is 2. The van der Waals surface area contributed by atoms with Crippen molar-refractivity contribution in [2.75, 3.05) is 6.61 Å². The summed E-state index contributed by atoms with van der Waals surface area (Å²) in [5.41, 5.74) is 0.998. The van der Waals surface area contributed by atoms with Gasteiger partial charge in [-0.2, -0.15) is 0 Å². The molecule has 3 rings (SSSR count). The van der Waals surface area contributed by atoms with Crippen molar-refractivity contribution in [3.05, 3.63) is 26.9 Å². The summed E-state index contributed by atoms with van der Waals surface area (Å²) in [4.78, 5) is 37.7. The Labute approximate surface area is 186 Å². The molecule has 0 aliphatic carbocycles. The number of nitrogens with one attached hydrogen (secondary N) is 1. The Kier molecular flexibility index (Phi) is 6.71. The Balaban J connectivity index is 2.11. The van der Waals surface area contributed by atoms with E-state index in [0.717, 1.165) is 0 Å². The Morgan fingerprint density at radius 3 is 2.33 bits per heavy atom. The molecule has 0 spiro atoms. The molecule has 30 heavy (non-hydrogen) atoms. The summed E-state index contributed by atoms with van der Waals surface area (Å²) in [6, 6.07) is 3.16. The lowest BCUT2D eigenvalue weighted by Gasteiger charge is -2.24. The molecule has 0 amide bonds. The number of benzene rings is 1. The average Bonchev–Trinajstić information content (AvgIpc) is 3.10. The van der Waals surface area contributed by atoms with E-state index in [1.807, 2.05) is 0 Å². The molecule has 1 N–H and O–H groups in total. The van der Waals surface area contributed by atoms with E-state index >= 15 is 0 Å². The SMILES string of the molecule is CC(=O)OC[C@H]1O[C@@H](n2c(=S)[nH]c3c(Cl)cc(Cl)cc32)[C@H](OC(C)=O)[C@@H]1OC(C)=O. The molecule has 0 unspecified atom stereocenters. The van der Waals surface area contributed by atoms with Crippen LogP contribution >= 0.6 is 35.4 Å². The van der Waals surface area contributed by atoms with Gasteiger partial charge in [0.1, 0.15) is 12.7 Å². The molecule has 1 aliphatic heterocycles. The third-order valence-electron chi connectivity index (χ3n) is 4.34. The second kappa shape index (κ2) is 8.93. The molecular formula is C18H18Cl2N2O7S. The molecule has 4 atom stereocenters. The van der Waals surface area contributed by atoms with Gasteiger partial charge in [0.05, 0.1) is 16.1 Å². The number of hydrogen-bond acceptors (Lipinski definition) is 8. The van der Waals surface area contributed by atoms with Crippen LogP contribution in [0.5, 0.6) is 0 Å². The van der Waals surface area contributed by atoms with Crippen molar-refractivity contribution in [1.29, 1.82) is 0 Å². The first kappa shape index (κ1) is 22.5. The van der Waals surface area contributed by atoms with Crippen molar-refractivity contribution in [3.8, 4) is 0 Å². The number of imidazole rings is 1. The fourth-order valence-electron chi connectivity index (χ4n) is 3.30. The van der Waals surface area contributed by atoms with Gasteiger partial charge in [-0.1, -0.05) is 23.2 Å². The quantitative estimate of drug-likeness (QED) is 0.397. The van der Waals surface area contributed by atoms with E-state index in [1.165, 1.54) is 25.3 Å². The van der Waals surface area contributed by atoms with Gasteiger partial charge >= 0.3 is 17.9 Å². The minimum Gasteiger partial charge on any atom is -0.463 e. The number of ether oxygens (including phenoxy) is 4. The zero-order chi connectivity index (χ0) is 22.2. The summed E-state index contributed by atoms with van der Waals surface area (Å²) in [5.74, 6) is -1.79. The monoisotopic (exact) mass is 476 g/mol. The maximum absolute atomic E-state index is 11.8. The molecule has 1 aromatic carbocycles. The molecule has 1 saturated heterocycles. The topological polar surface area (TPSA) is 109 Å². The van der Waals surface area contributed by atoms with Crippen LogP contribution < -0.4 is 0 Å². The molecule has 2 heterocycles. The summed E-state index contributed by atoms with van der Waals surface area (Å²) in [7, 11) is 0. The number of aromatic nitrogens is 2. The molecule has 0 bridgehead atoms. The smallest absolute Gasteiger partial charge is 0.303 e. The fourth-order valence-corrected chi connectivity index (χ4v) is 4.14. The van der Waals surface area contributed by atoms with Gasteiger partial charge in [-0.3, -0.25) is 19.0 Å². The maximum Gasteiger partial charge on any atom is 0.303 e. The fraction of sp³-hybridized carbons (Fsp3) is 0.444. The van der Waals surface area contributed by atoms with Gasteiger partial charge in [0, 0.05) is 25.8 Å². The Bertz CT molecular complexity index is 1070. The van der Waals surface area contributed by atoms with Crippen molar-refractivity contribution < 1.29 is 33.3 Å². The van der Waals surface area contributed by atoms with Crippen molar-refractivity contribution in [2.24, 2.45) is 0 Å². The molecule has 0 radical (unpaired) electrons. The Hall–Kier alpha value is -2.14. The van der Waals surface area contributed by atoms with E-state index in [9.17, 15) is 14.4 Å². The number of H-pyrrole nitrogens is 1. The van der Waals surface area contributed by atoms with Gasteiger partial charge < -0.3 is 23.9 Å². The third-order valence-corrected chi connectivity index (χ3v) is 5.15. The number of esters is 3. The summed E-state index contributed by atoms with van der Waals surface area (Å²) in [5, 5.41) is 0.683. The van der Waals surface area contributed by atoms with Crippen molar-refractivity contribution in [2.45, 2.75) is 45.3 Å². The first-order chi connectivity index (χ1) is 14.1. The maximum atomic E-state index is 11.8. The van der Waals surface area contributed by atoms with Gasteiger partial charge in [0.25, 0.3) is 0 Å². The molecule has 9 nitrogen and oxygen atoms in total. The van der Waals surface area contributed by atoms with Crippen LogP contribution in [0.25, 0.3) is 11.0 Å². The van der Waals surface area contributed by atoms with Crippen LogP contribution in [0, 0.1) is 4.77 Å². The highest BCUT2D eigenvalue weighted by atomic mass is 35.5. The average molecular weight is 477 g/mol. The van der Waals surface area contributed by atoms with Gasteiger partial charge in [0.2, 0.25) is 0 Å². The first-order valence-electron chi connectivity index (χ1n) is 8.81. The number of carbonyl (C=O) groups is 3. The second-order valence-corrected chi connectivity index (χ2v) is 7.83. The van der Waals surface area contributed by atoms with Gasteiger partial charge in [-0.25, -0.2) is 0 Å². The molecule has 0 saturated carbocycles. The lowest BCUT2D eigenvalue weighted by Crippen LogP contribution is -2.40. The number of nitrogens with zero attached hydrogens (tertiary/aromatic N) is 1. The predicted molar refractivity (Wildman–Crippen MR) is 109 cm³/mol. The minimum absolute atomic E-state index is 0.214. The van der Waals surface area contributed by atoms with Gasteiger partial charge in [-0.15, -0.1) is 0 Å². The van der Waals surface area contributed by atoms with Crippen LogP contribution in [-0.4, -0.2) is 52.4 Å². The Morgan fingerprint density at radius 1 is 1.10 bits per heavy atom. The highest BCUT2D eigenvalue weighted by Gasteiger charge is 2.51. The number of aromatic amines is 1. The highest BCUT2D eigenvalue weighted by molar-refractivity contribution is 7.71. The Morgan fingerprint density at radius 2 is 1.73 bits per heavy atom. The van der Waals surface area contributed by atoms with Crippen molar-refractivity contribution >= 4 is 64.4 Å². The lowest BCUT2D eigenvalue weighted by atomic mass is 10.1. The standard InChI is InChI=1S/C18H18Cl2N2O7S/c1-7(23)26-6-13-15(27-8(2)24)16(28-9(3)25)17(29-13)22-12-5-10(19)4-11(20)14(12)21-18(22)30/h4-5,13,15-17H,6H2,1-3H3,(H,21,30)/t13-,15-,16-,17-/m1/s1. The molecule has 162 valence electrons. The van der Waals surface area contributed by atoms with Crippen LogP contribution in [0.1, 0.15) is 27.0 Å². The van der Waals surface area contributed by atoms with E-state index in [1.54, 1.807) is 12.1 Å². The van der Waals surface area contributed by atoms with Crippen molar-refractivity contribution in [3.63, 3.8) is 0 Å². The van der Waals surface area contributed by atoms with E-state index in [-0.39, 0.29) is 11.4 Å². The minimum atomic E-state index is -1.07. The number of fused-ring (bicyclic) bond motifs is 1. The van der Waals surface area contributed by atoms with Gasteiger partial charge in [0.15, 0.2) is 23.2 Å². The predicted octanol–water partition coefficient (Wildman–Crippen LogP) is 3.33. The number of carbonyl (C=O) groups excluding carboxylic acids is 3. The zero-order valence-corrected chi connectivity index (χ0v) is 18.5. The van der Waals surface area contributed by atoms with Crippen LogP contribution in [-0.2, 0) is 33.3 Å². The van der Waals surface area contributed by atoms with Gasteiger partial charge in [-0.05, 0) is 24.4 Å². The van der Waals surface area contributed by atoms with Crippen LogP contribution in [0.3, 0.4) is 0 Å². The van der Waals surface area contributed by atoms with E-state index in [2.05, 4.69) is 4.98 Å². The number of hydrogen-bond donors (Lipinski definition) is 1. The summed E-state index contributed by atoms with van der Waals surface area (Å²) < 4.78 is 23.6. The first-order valence-corrected chi connectivity index (χ1v) is 9.97. The lowest BCUT2D eigenvalue weighted by molar-refractivity contribution is -0.166. The third kappa shape index (κ3) is 4.61. The summed E-state index contributed by atoms with van der Waals surface area (Å²) >= 11 is 17.8. The molecule has 1 aromatic heterocycles. The normalized spacial score (nSPS) is 23.4. The molecule has 1 fully saturated rings. The van der Waals surface area contributed by atoms with E-state index < -0.39 is 42.4 Å². The number of rotatable bonds is 5. The molecule has 1 aliphatic rings. The van der Waals surface area contributed by atoms with Crippen LogP contribution in [0.4, 0.5) is 0 Å².